The van der Waals surface area contributed by atoms with Crippen LogP contribution < -0.4 is 0 Å². The summed E-state index contributed by atoms with van der Waals surface area (Å²) in [7, 11) is 0. The Balaban J connectivity index is 3.02. The van der Waals surface area contributed by atoms with E-state index in [1.54, 1.807) is 0 Å². The van der Waals surface area contributed by atoms with Crippen LogP contribution in [0.25, 0.3) is 0 Å². The van der Waals surface area contributed by atoms with Crippen LogP contribution in [0.2, 0.25) is 0 Å². The van der Waals surface area contributed by atoms with Crippen LogP contribution in [0.4, 0.5) is 0 Å². The molecule has 2 nitrogen and oxygen atoms in total. The van der Waals surface area contributed by atoms with E-state index in [0.29, 0.717) is 13.2 Å². The van der Waals surface area contributed by atoms with Crippen LogP contribution in [0.3, 0.4) is 0 Å². The molecule has 0 aliphatic carbocycles. The van der Waals surface area contributed by atoms with Gasteiger partial charge in [0, 0.05) is 6.61 Å². The number of hydrogen-bond donors (Lipinski definition) is 1. The van der Waals surface area contributed by atoms with E-state index in [0.717, 1.165) is 12.8 Å². The molecule has 0 aromatic carbocycles. The third kappa shape index (κ3) is 14.0. The largest absolute Gasteiger partial charge is 0.391 e. The number of hydrogen-bond acceptors (Lipinski definition) is 2. The van der Waals surface area contributed by atoms with Crippen molar-refractivity contribution < 1.29 is 9.84 Å². The predicted octanol–water partition coefficient (Wildman–Crippen LogP) is 4.69. The molecule has 0 radical (unpaired) electrons. The van der Waals surface area contributed by atoms with Gasteiger partial charge in [0.15, 0.2) is 0 Å². The first-order chi connectivity index (χ1) is 8.81. The summed E-state index contributed by atoms with van der Waals surface area (Å²) < 4.78 is 5.19. The minimum atomic E-state index is -0.251. The highest BCUT2D eigenvalue weighted by Gasteiger charge is 2.02. The molecule has 0 heterocycles. The zero-order valence-electron chi connectivity index (χ0n) is 12.6. The van der Waals surface area contributed by atoms with Gasteiger partial charge in [0.2, 0.25) is 0 Å². The maximum Gasteiger partial charge on any atom is 0.0773 e. The second-order valence-corrected chi connectivity index (χ2v) is 5.28. The van der Waals surface area contributed by atoms with Gasteiger partial charge >= 0.3 is 0 Å². The quantitative estimate of drug-likeness (QED) is 0.458. The molecule has 0 aromatic rings. The van der Waals surface area contributed by atoms with E-state index in [4.69, 9.17) is 4.74 Å². The van der Waals surface area contributed by atoms with Gasteiger partial charge in [0.1, 0.15) is 0 Å². The molecule has 0 fully saturated rings. The number of aliphatic hydroxyl groups excluding tert-OH is 1. The molecule has 1 atom stereocenters. The van der Waals surface area contributed by atoms with Crippen molar-refractivity contribution in [1.29, 1.82) is 0 Å². The van der Waals surface area contributed by atoms with Crippen LogP contribution >= 0.6 is 0 Å². The summed E-state index contributed by atoms with van der Waals surface area (Å²) in [5, 5.41) is 9.58. The van der Waals surface area contributed by atoms with E-state index >= 15 is 0 Å². The number of ether oxygens (including phenoxy) is 1. The Morgan fingerprint density at radius 1 is 0.778 bits per heavy atom. The third-order valence-electron chi connectivity index (χ3n) is 3.41. The molecule has 0 amide bonds. The molecule has 0 rings (SSSR count). The fourth-order valence-electron chi connectivity index (χ4n) is 2.20. The van der Waals surface area contributed by atoms with Crippen LogP contribution in [0.15, 0.2) is 0 Å². The molecule has 2 heteroatoms. The highest BCUT2D eigenvalue weighted by Crippen LogP contribution is 2.12. The Kier molecular flexibility index (Phi) is 14.9. The van der Waals surface area contributed by atoms with Crippen molar-refractivity contribution in [1.82, 2.24) is 0 Å². The van der Waals surface area contributed by atoms with E-state index in [9.17, 15) is 5.11 Å². The van der Waals surface area contributed by atoms with Crippen LogP contribution in [0.5, 0.6) is 0 Å². The summed E-state index contributed by atoms with van der Waals surface area (Å²) in [6.07, 6.45) is 14.1. The summed E-state index contributed by atoms with van der Waals surface area (Å²) in [4.78, 5) is 0. The van der Waals surface area contributed by atoms with Crippen molar-refractivity contribution in [3.05, 3.63) is 0 Å². The average molecular weight is 258 g/mol. The molecule has 0 aliphatic rings. The van der Waals surface area contributed by atoms with E-state index < -0.39 is 0 Å². The van der Waals surface area contributed by atoms with Crippen molar-refractivity contribution in [3.63, 3.8) is 0 Å². The molecule has 0 bridgehead atoms. The summed E-state index contributed by atoms with van der Waals surface area (Å²) >= 11 is 0. The molecule has 0 aromatic heterocycles. The van der Waals surface area contributed by atoms with Crippen molar-refractivity contribution in [2.45, 2.75) is 90.6 Å². The van der Waals surface area contributed by atoms with Gasteiger partial charge in [-0.2, -0.15) is 0 Å². The van der Waals surface area contributed by atoms with Crippen molar-refractivity contribution in [3.8, 4) is 0 Å². The van der Waals surface area contributed by atoms with Crippen molar-refractivity contribution in [2.24, 2.45) is 0 Å². The van der Waals surface area contributed by atoms with Crippen LogP contribution in [-0.4, -0.2) is 24.4 Å². The molecule has 0 saturated carbocycles. The number of unbranched alkanes of at least 4 members (excludes halogenated alkanes) is 9. The Morgan fingerprint density at radius 3 is 1.78 bits per heavy atom. The Bertz CT molecular complexity index is 148. The first kappa shape index (κ1) is 17.9. The average Bonchev–Trinajstić information content (AvgIpc) is 2.38. The second kappa shape index (κ2) is 15.0. The van der Waals surface area contributed by atoms with E-state index in [1.807, 2.05) is 6.92 Å². The Morgan fingerprint density at radius 2 is 1.28 bits per heavy atom. The molecule has 1 unspecified atom stereocenters. The summed E-state index contributed by atoms with van der Waals surface area (Å²) in [5.74, 6) is 0. The lowest BCUT2D eigenvalue weighted by molar-refractivity contribution is 0.0368. The molecule has 1 N–H and O–H groups in total. The lowest BCUT2D eigenvalue weighted by Gasteiger charge is -2.09. The maximum atomic E-state index is 9.58. The topological polar surface area (TPSA) is 29.5 Å². The zero-order valence-corrected chi connectivity index (χ0v) is 12.6. The minimum absolute atomic E-state index is 0.251. The van der Waals surface area contributed by atoms with Gasteiger partial charge in [-0.1, -0.05) is 71.1 Å². The van der Waals surface area contributed by atoms with Gasteiger partial charge in [-0.15, -0.1) is 0 Å². The van der Waals surface area contributed by atoms with E-state index in [1.165, 1.54) is 57.8 Å². The highest BCUT2D eigenvalue weighted by molar-refractivity contribution is 4.55. The van der Waals surface area contributed by atoms with Crippen molar-refractivity contribution >= 4 is 0 Å². The molecule has 110 valence electrons. The first-order valence-electron chi connectivity index (χ1n) is 8.07. The summed E-state index contributed by atoms with van der Waals surface area (Å²) in [6, 6.07) is 0. The van der Waals surface area contributed by atoms with Crippen LogP contribution in [0.1, 0.15) is 84.5 Å². The minimum Gasteiger partial charge on any atom is -0.391 e. The van der Waals surface area contributed by atoms with Gasteiger partial charge in [0.05, 0.1) is 12.7 Å². The second-order valence-electron chi connectivity index (χ2n) is 5.28. The zero-order chi connectivity index (χ0) is 13.5. The fourth-order valence-corrected chi connectivity index (χ4v) is 2.20. The Hall–Kier alpha value is -0.0800. The lowest BCUT2D eigenvalue weighted by Crippen LogP contribution is -2.14. The predicted molar refractivity (Wildman–Crippen MR) is 79.0 cm³/mol. The molecular formula is C16H34O2. The van der Waals surface area contributed by atoms with Gasteiger partial charge < -0.3 is 9.84 Å². The molecule has 0 saturated heterocycles. The Labute approximate surface area is 114 Å². The molecule has 0 spiro atoms. The highest BCUT2D eigenvalue weighted by atomic mass is 16.5. The van der Waals surface area contributed by atoms with Crippen molar-refractivity contribution in [2.75, 3.05) is 13.2 Å². The molecule has 18 heavy (non-hydrogen) atoms. The normalized spacial score (nSPS) is 12.8. The number of rotatable bonds is 14. The molecular weight excluding hydrogens is 224 g/mol. The molecule has 0 aliphatic heterocycles. The number of aliphatic hydroxyl groups is 1. The lowest BCUT2D eigenvalue weighted by atomic mass is 10.0. The van der Waals surface area contributed by atoms with Gasteiger partial charge in [-0.3, -0.25) is 0 Å². The van der Waals surface area contributed by atoms with Crippen LogP contribution in [0, 0.1) is 0 Å². The third-order valence-corrected chi connectivity index (χ3v) is 3.41. The summed E-state index contributed by atoms with van der Waals surface area (Å²) in [5.41, 5.74) is 0. The van der Waals surface area contributed by atoms with Gasteiger partial charge in [0.25, 0.3) is 0 Å². The van der Waals surface area contributed by atoms with Crippen LogP contribution in [-0.2, 0) is 4.74 Å². The SMILES string of the molecule is CCCCCCCCCCCCC(O)COCC. The first-order valence-corrected chi connectivity index (χ1v) is 8.07. The fraction of sp³-hybridized carbons (Fsp3) is 1.00. The monoisotopic (exact) mass is 258 g/mol. The van der Waals surface area contributed by atoms with Gasteiger partial charge in [-0.05, 0) is 13.3 Å². The van der Waals surface area contributed by atoms with E-state index in [-0.39, 0.29) is 6.10 Å². The van der Waals surface area contributed by atoms with Gasteiger partial charge in [-0.25, -0.2) is 0 Å². The van der Waals surface area contributed by atoms with E-state index in [2.05, 4.69) is 6.92 Å². The summed E-state index contributed by atoms with van der Waals surface area (Å²) in [6.45, 7) is 5.44. The smallest absolute Gasteiger partial charge is 0.0773 e. The standard InChI is InChI=1S/C16H34O2/c1-3-5-6-7-8-9-10-11-12-13-14-16(17)15-18-4-2/h16-17H,3-15H2,1-2H3. The maximum absolute atomic E-state index is 9.58.